The molecule has 0 heterocycles. The Morgan fingerprint density at radius 3 is 2.52 bits per heavy atom. The molecule has 0 spiro atoms. The highest BCUT2D eigenvalue weighted by Crippen LogP contribution is 2.22. The van der Waals surface area contributed by atoms with Crippen LogP contribution in [0.15, 0.2) is 46.9 Å². The smallest absolute Gasteiger partial charge is 0.412 e. The summed E-state index contributed by atoms with van der Waals surface area (Å²) in [7, 11) is 0. The molecular weight excluding hydrogens is 382 g/mol. The lowest BCUT2D eigenvalue weighted by Gasteiger charge is -2.20. The van der Waals surface area contributed by atoms with Gasteiger partial charge in [0.1, 0.15) is 5.60 Å². The van der Waals surface area contributed by atoms with Crippen molar-refractivity contribution >= 4 is 39.9 Å². The molecule has 132 valence electrons. The van der Waals surface area contributed by atoms with Gasteiger partial charge in [-0.3, -0.25) is 5.32 Å². The predicted octanol–water partition coefficient (Wildman–Crippen LogP) is 5.46. The molecule has 2 N–H and O–H groups in total. The third-order valence-corrected chi connectivity index (χ3v) is 3.81. The summed E-state index contributed by atoms with van der Waals surface area (Å²) in [5, 5.41) is 12.3. The van der Waals surface area contributed by atoms with Crippen molar-refractivity contribution in [1.29, 1.82) is 0 Å². The number of carbonyl (C=O) groups excluding carboxylic acids is 1. The minimum atomic E-state index is -0.553. The highest BCUT2D eigenvalue weighted by Gasteiger charge is 2.16. The molecule has 0 aliphatic heterocycles. The van der Waals surface area contributed by atoms with Gasteiger partial charge in [0.15, 0.2) is 0 Å². The number of ether oxygens (including phenoxy) is 1. The topological polar surface area (TPSA) is 58.6 Å². The fourth-order valence-electron chi connectivity index (χ4n) is 2.22. The Morgan fingerprint density at radius 2 is 1.84 bits per heavy atom. The van der Waals surface area contributed by atoms with Crippen molar-refractivity contribution in [3.05, 3.63) is 63.6 Å². The lowest BCUT2D eigenvalue weighted by molar-refractivity contribution is 0.0636. The summed E-state index contributed by atoms with van der Waals surface area (Å²) in [6.45, 7) is 5.42. The largest absolute Gasteiger partial charge is 0.444 e. The number of nitrogens with one attached hydrogen (secondary N) is 1. The van der Waals surface area contributed by atoms with Crippen LogP contribution in [0, 0.1) is 0 Å². The van der Waals surface area contributed by atoms with Crippen molar-refractivity contribution in [2.24, 2.45) is 0 Å². The Bertz CT molecular complexity index is 779. The van der Waals surface area contributed by atoms with Crippen LogP contribution >= 0.6 is 15.9 Å². The van der Waals surface area contributed by atoms with Crippen LogP contribution in [-0.4, -0.2) is 16.8 Å². The molecule has 2 aromatic carbocycles. The summed E-state index contributed by atoms with van der Waals surface area (Å²) >= 11 is 3.40. The molecule has 0 aromatic heterocycles. The van der Waals surface area contributed by atoms with Crippen molar-refractivity contribution < 1.29 is 14.6 Å². The maximum Gasteiger partial charge on any atom is 0.412 e. The van der Waals surface area contributed by atoms with Crippen molar-refractivity contribution in [1.82, 2.24) is 0 Å². The van der Waals surface area contributed by atoms with E-state index in [2.05, 4.69) is 21.2 Å². The van der Waals surface area contributed by atoms with E-state index in [0.29, 0.717) is 5.69 Å². The molecule has 0 unspecified atom stereocenters. The van der Waals surface area contributed by atoms with Crippen LogP contribution in [0.25, 0.3) is 12.2 Å². The van der Waals surface area contributed by atoms with Gasteiger partial charge in [0.05, 0.1) is 12.3 Å². The molecule has 0 atom stereocenters. The Morgan fingerprint density at radius 1 is 1.16 bits per heavy atom. The van der Waals surface area contributed by atoms with E-state index in [4.69, 9.17) is 4.74 Å². The molecule has 4 nitrogen and oxygen atoms in total. The standard InChI is InChI=1S/C20H22BrNO3/c1-20(2,3)25-19(24)22-18-7-5-4-6-15(18)9-8-14-10-11-17(21)12-16(14)13-23/h4-12,23H,13H2,1-3H3,(H,22,24). The molecule has 0 fully saturated rings. The molecule has 0 aliphatic carbocycles. The first-order valence-electron chi connectivity index (χ1n) is 7.95. The molecule has 0 bridgehead atoms. The van der Waals surface area contributed by atoms with E-state index in [1.165, 1.54) is 0 Å². The summed E-state index contributed by atoms with van der Waals surface area (Å²) in [6, 6.07) is 13.2. The first-order valence-corrected chi connectivity index (χ1v) is 8.74. The van der Waals surface area contributed by atoms with E-state index >= 15 is 0 Å². The molecule has 0 aliphatic rings. The van der Waals surface area contributed by atoms with E-state index in [9.17, 15) is 9.90 Å². The van der Waals surface area contributed by atoms with Crippen LogP contribution in [0.2, 0.25) is 0 Å². The zero-order valence-corrected chi connectivity index (χ0v) is 16.1. The van der Waals surface area contributed by atoms with Gasteiger partial charge in [0.2, 0.25) is 0 Å². The molecule has 1 amide bonds. The zero-order chi connectivity index (χ0) is 18.4. The first kappa shape index (κ1) is 19.2. The van der Waals surface area contributed by atoms with Crippen molar-refractivity contribution in [3.8, 4) is 0 Å². The summed E-state index contributed by atoms with van der Waals surface area (Å²) in [5.74, 6) is 0. The van der Waals surface area contributed by atoms with Gasteiger partial charge >= 0.3 is 6.09 Å². The van der Waals surface area contributed by atoms with Gasteiger partial charge < -0.3 is 9.84 Å². The van der Waals surface area contributed by atoms with Crippen LogP contribution < -0.4 is 5.32 Å². The summed E-state index contributed by atoms with van der Waals surface area (Å²) < 4.78 is 6.21. The summed E-state index contributed by atoms with van der Waals surface area (Å²) in [4.78, 5) is 12.0. The van der Waals surface area contributed by atoms with E-state index in [1.54, 1.807) is 0 Å². The maximum atomic E-state index is 12.0. The average Bonchev–Trinajstić information content (AvgIpc) is 2.53. The molecule has 5 heteroatoms. The van der Waals surface area contributed by atoms with E-state index in [-0.39, 0.29) is 6.61 Å². The van der Waals surface area contributed by atoms with E-state index < -0.39 is 11.7 Å². The number of hydrogen-bond donors (Lipinski definition) is 2. The molecule has 0 saturated heterocycles. The molecule has 2 aromatic rings. The number of rotatable bonds is 4. The fraction of sp³-hybridized carbons (Fsp3) is 0.250. The first-order chi connectivity index (χ1) is 11.8. The number of carbonyl (C=O) groups is 1. The monoisotopic (exact) mass is 403 g/mol. The van der Waals surface area contributed by atoms with E-state index in [0.717, 1.165) is 21.2 Å². The number of hydrogen-bond acceptors (Lipinski definition) is 3. The molecule has 25 heavy (non-hydrogen) atoms. The van der Waals surface area contributed by atoms with Gasteiger partial charge in [-0.05, 0) is 55.7 Å². The SMILES string of the molecule is CC(C)(C)OC(=O)Nc1ccccc1C=Cc1ccc(Br)cc1CO. The minimum absolute atomic E-state index is 0.0447. The number of anilines is 1. The fourth-order valence-corrected chi connectivity index (χ4v) is 2.63. The van der Waals surface area contributed by atoms with Gasteiger partial charge in [-0.2, -0.15) is 0 Å². The average molecular weight is 404 g/mol. The molecule has 2 rings (SSSR count). The normalized spacial score (nSPS) is 11.6. The van der Waals surface area contributed by atoms with Crippen LogP contribution in [0.4, 0.5) is 10.5 Å². The minimum Gasteiger partial charge on any atom is -0.444 e. The third kappa shape index (κ3) is 6.03. The number of aliphatic hydroxyl groups excluding tert-OH is 1. The Hall–Kier alpha value is -2.11. The lowest BCUT2D eigenvalue weighted by atomic mass is 10.1. The van der Waals surface area contributed by atoms with Crippen molar-refractivity contribution in [2.75, 3.05) is 5.32 Å². The highest BCUT2D eigenvalue weighted by molar-refractivity contribution is 9.10. The van der Waals surface area contributed by atoms with Crippen molar-refractivity contribution in [3.63, 3.8) is 0 Å². The molecular formula is C20H22BrNO3. The van der Waals surface area contributed by atoms with Gasteiger partial charge in [-0.15, -0.1) is 0 Å². The van der Waals surface area contributed by atoms with Gasteiger partial charge in [-0.1, -0.05) is 52.3 Å². The van der Waals surface area contributed by atoms with Gasteiger partial charge in [0, 0.05) is 4.47 Å². The Kier molecular flexibility index (Phi) is 6.39. The number of amides is 1. The second-order valence-corrected chi connectivity index (χ2v) is 7.46. The number of benzene rings is 2. The Balaban J connectivity index is 2.22. The van der Waals surface area contributed by atoms with Crippen LogP contribution in [0.3, 0.4) is 0 Å². The number of aliphatic hydroxyl groups is 1. The van der Waals surface area contributed by atoms with Gasteiger partial charge in [-0.25, -0.2) is 4.79 Å². The molecule has 0 saturated carbocycles. The zero-order valence-electron chi connectivity index (χ0n) is 14.5. The van der Waals surface area contributed by atoms with Crippen LogP contribution in [-0.2, 0) is 11.3 Å². The Labute approximate surface area is 156 Å². The maximum absolute atomic E-state index is 12.0. The second-order valence-electron chi connectivity index (χ2n) is 6.55. The third-order valence-electron chi connectivity index (χ3n) is 3.31. The summed E-state index contributed by atoms with van der Waals surface area (Å²) in [6.07, 6.45) is 3.32. The highest BCUT2D eigenvalue weighted by atomic mass is 79.9. The number of para-hydroxylation sites is 1. The predicted molar refractivity (Wildman–Crippen MR) is 105 cm³/mol. The van der Waals surface area contributed by atoms with Gasteiger partial charge in [0.25, 0.3) is 0 Å². The second kappa shape index (κ2) is 8.32. The number of halogens is 1. The quantitative estimate of drug-likeness (QED) is 0.666. The summed E-state index contributed by atoms with van der Waals surface area (Å²) in [5.41, 5.74) is 2.69. The van der Waals surface area contributed by atoms with Crippen LogP contribution in [0.5, 0.6) is 0 Å². The molecule has 0 radical (unpaired) electrons. The lowest BCUT2D eigenvalue weighted by Crippen LogP contribution is -2.27. The van der Waals surface area contributed by atoms with E-state index in [1.807, 2.05) is 75.4 Å². The van der Waals surface area contributed by atoms with Crippen LogP contribution in [0.1, 0.15) is 37.5 Å². The van der Waals surface area contributed by atoms with Crippen molar-refractivity contribution in [2.45, 2.75) is 33.0 Å².